The molecule has 0 atom stereocenters. The first-order valence-electron chi connectivity index (χ1n) is 4.69. The minimum absolute atomic E-state index is 0. The summed E-state index contributed by atoms with van der Waals surface area (Å²) in [5.74, 6) is -0.418. The van der Waals surface area contributed by atoms with E-state index < -0.39 is 5.97 Å². The molecule has 82 valence electrons. The van der Waals surface area contributed by atoms with Crippen molar-refractivity contribution >= 4 is 52.9 Å². The Morgan fingerprint density at radius 1 is 1.29 bits per heavy atom. The van der Waals surface area contributed by atoms with Crippen molar-refractivity contribution in [3.05, 3.63) is 53.5 Å². The van der Waals surface area contributed by atoms with Gasteiger partial charge in [-0.3, -0.25) is 0 Å². The van der Waals surface area contributed by atoms with Crippen LogP contribution in [0.15, 0.2) is 48.0 Å². The summed E-state index contributed by atoms with van der Waals surface area (Å²) in [7, 11) is 0. The zero-order valence-corrected chi connectivity index (χ0v) is 9.18. The Labute approximate surface area is 125 Å². The van der Waals surface area contributed by atoms with Crippen molar-refractivity contribution < 1.29 is 9.53 Å². The van der Waals surface area contributed by atoms with Gasteiger partial charge in [0.25, 0.3) is 5.19 Å². The first-order chi connectivity index (χ1) is 7.84. The Bertz CT molecular complexity index is 482. The predicted octanol–water partition coefficient (Wildman–Crippen LogP) is 2.11. The molecule has 5 heteroatoms. The Morgan fingerprint density at radius 3 is 2.71 bits per heavy atom. The van der Waals surface area contributed by atoms with Crippen molar-refractivity contribution in [3.63, 3.8) is 0 Å². The van der Waals surface area contributed by atoms with Crippen LogP contribution < -0.4 is 4.74 Å². The zero-order valence-electron chi connectivity index (χ0n) is 8.37. The standard InChI is InChI=1S/C12H9NO2S.Na.H/c14-11(15-12-13-8-9-16-12)7-6-10-4-2-1-3-5-10;;/h1-9H;;/b7-6+;;. The van der Waals surface area contributed by atoms with Crippen LogP contribution in [0.2, 0.25) is 0 Å². The van der Waals surface area contributed by atoms with Crippen LogP contribution >= 0.6 is 11.3 Å². The number of aromatic nitrogens is 1. The molecular weight excluding hydrogens is 245 g/mol. The van der Waals surface area contributed by atoms with Crippen molar-refractivity contribution in [3.8, 4) is 5.19 Å². The van der Waals surface area contributed by atoms with Crippen LogP contribution in [0.3, 0.4) is 0 Å². The molecule has 17 heavy (non-hydrogen) atoms. The Hall–Kier alpha value is -0.940. The van der Waals surface area contributed by atoms with Gasteiger partial charge in [0, 0.05) is 17.7 Å². The van der Waals surface area contributed by atoms with Gasteiger partial charge in [-0.2, -0.15) is 0 Å². The third kappa shape index (κ3) is 4.83. The molecule has 0 radical (unpaired) electrons. The molecule has 1 aromatic heterocycles. The maximum atomic E-state index is 11.3. The average Bonchev–Trinajstić information content (AvgIpc) is 2.81. The van der Waals surface area contributed by atoms with Gasteiger partial charge >= 0.3 is 35.5 Å². The normalized spacial score (nSPS) is 9.88. The van der Waals surface area contributed by atoms with Crippen LogP contribution in [-0.2, 0) is 4.79 Å². The first-order valence-corrected chi connectivity index (χ1v) is 5.57. The molecule has 1 heterocycles. The summed E-state index contributed by atoms with van der Waals surface area (Å²) < 4.78 is 4.96. The van der Waals surface area contributed by atoms with E-state index in [0.29, 0.717) is 5.19 Å². The van der Waals surface area contributed by atoms with Gasteiger partial charge in [0.15, 0.2) is 0 Å². The van der Waals surface area contributed by atoms with E-state index in [-0.39, 0.29) is 29.6 Å². The molecule has 0 aliphatic carbocycles. The van der Waals surface area contributed by atoms with Crippen LogP contribution in [0.1, 0.15) is 5.56 Å². The number of nitrogens with zero attached hydrogens (tertiary/aromatic N) is 1. The van der Waals surface area contributed by atoms with Crippen molar-refractivity contribution in [1.82, 2.24) is 4.98 Å². The predicted molar refractivity (Wildman–Crippen MR) is 70.4 cm³/mol. The number of esters is 1. The van der Waals surface area contributed by atoms with E-state index in [2.05, 4.69) is 4.98 Å². The second-order valence-corrected chi connectivity index (χ2v) is 3.82. The van der Waals surface area contributed by atoms with Gasteiger partial charge in [-0.25, -0.2) is 9.78 Å². The van der Waals surface area contributed by atoms with Gasteiger partial charge in [-0.15, -0.1) is 0 Å². The summed E-state index contributed by atoms with van der Waals surface area (Å²) in [6.07, 6.45) is 4.68. The topological polar surface area (TPSA) is 39.2 Å². The van der Waals surface area contributed by atoms with Gasteiger partial charge in [-0.05, 0) is 11.6 Å². The van der Waals surface area contributed by atoms with Gasteiger partial charge in [0.05, 0.1) is 0 Å². The fraction of sp³-hybridized carbons (Fsp3) is 0. The van der Waals surface area contributed by atoms with Gasteiger partial charge < -0.3 is 4.74 Å². The summed E-state index contributed by atoms with van der Waals surface area (Å²) in [5, 5.41) is 2.12. The van der Waals surface area contributed by atoms with Crippen LogP contribution in [0.4, 0.5) is 0 Å². The quantitative estimate of drug-likeness (QED) is 0.479. The monoisotopic (exact) mass is 255 g/mol. The molecule has 2 aromatic rings. The minimum atomic E-state index is -0.418. The zero-order chi connectivity index (χ0) is 11.2. The van der Waals surface area contributed by atoms with E-state index in [1.807, 2.05) is 30.3 Å². The second kappa shape index (κ2) is 7.40. The molecule has 0 saturated heterocycles. The molecular formula is C12H10NNaO2S. The Kier molecular flexibility index (Phi) is 6.15. The summed E-state index contributed by atoms with van der Waals surface area (Å²) >= 11 is 1.28. The molecule has 2 rings (SSSR count). The molecule has 0 spiro atoms. The number of rotatable bonds is 3. The molecule has 3 nitrogen and oxygen atoms in total. The van der Waals surface area contributed by atoms with Crippen LogP contribution in [0.25, 0.3) is 6.08 Å². The van der Waals surface area contributed by atoms with Crippen LogP contribution in [0.5, 0.6) is 5.19 Å². The fourth-order valence-electron chi connectivity index (χ4n) is 1.11. The molecule has 0 saturated carbocycles. The van der Waals surface area contributed by atoms with E-state index in [1.165, 1.54) is 17.4 Å². The van der Waals surface area contributed by atoms with Gasteiger partial charge in [0.2, 0.25) is 0 Å². The summed E-state index contributed by atoms with van der Waals surface area (Å²) in [4.78, 5) is 15.2. The summed E-state index contributed by atoms with van der Waals surface area (Å²) in [5.41, 5.74) is 0.957. The van der Waals surface area contributed by atoms with E-state index in [9.17, 15) is 4.79 Å². The van der Waals surface area contributed by atoms with Crippen molar-refractivity contribution in [2.24, 2.45) is 0 Å². The van der Waals surface area contributed by atoms with Gasteiger partial charge in [0.1, 0.15) is 0 Å². The van der Waals surface area contributed by atoms with Crippen molar-refractivity contribution in [1.29, 1.82) is 0 Å². The first kappa shape index (κ1) is 14.1. The third-order valence-corrected chi connectivity index (χ3v) is 2.46. The average molecular weight is 255 g/mol. The second-order valence-electron chi connectivity index (χ2n) is 2.96. The molecule has 0 aliphatic rings. The van der Waals surface area contributed by atoms with E-state index >= 15 is 0 Å². The van der Waals surface area contributed by atoms with Crippen LogP contribution in [0, 0.1) is 0 Å². The number of thiazole rings is 1. The van der Waals surface area contributed by atoms with E-state index in [0.717, 1.165) is 5.56 Å². The van der Waals surface area contributed by atoms with Crippen molar-refractivity contribution in [2.45, 2.75) is 0 Å². The summed E-state index contributed by atoms with van der Waals surface area (Å²) in [6, 6.07) is 9.56. The molecule has 1 aromatic carbocycles. The number of hydrogen-bond acceptors (Lipinski definition) is 4. The Balaban J connectivity index is 0.00000144. The number of carbonyl (C=O) groups excluding carboxylic acids is 1. The van der Waals surface area contributed by atoms with Crippen LogP contribution in [-0.4, -0.2) is 40.5 Å². The Morgan fingerprint density at radius 2 is 2.06 bits per heavy atom. The van der Waals surface area contributed by atoms with E-state index in [4.69, 9.17) is 4.74 Å². The SMILES string of the molecule is O=C(/C=C/c1ccccc1)Oc1nccs1.[NaH]. The molecule has 0 N–H and O–H groups in total. The molecule has 0 unspecified atom stereocenters. The van der Waals surface area contributed by atoms with Crippen molar-refractivity contribution in [2.75, 3.05) is 0 Å². The fourth-order valence-corrected chi connectivity index (χ4v) is 1.60. The van der Waals surface area contributed by atoms with Gasteiger partial charge in [-0.1, -0.05) is 41.7 Å². The molecule has 0 amide bonds. The summed E-state index contributed by atoms with van der Waals surface area (Å²) in [6.45, 7) is 0. The molecule has 0 bridgehead atoms. The number of benzene rings is 1. The number of ether oxygens (including phenoxy) is 1. The maximum absolute atomic E-state index is 11.3. The van der Waals surface area contributed by atoms with E-state index in [1.54, 1.807) is 17.7 Å². The number of hydrogen-bond donors (Lipinski definition) is 0. The number of carbonyl (C=O) groups is 1. The molecule has 0 fully saturated rings. The third-order valence-electron chi connectivity index (χ3n) is 1.81. The molecule has 0 aliphatic heterocycles.